The maximum absolute atomic E-state index is 11.2. The van der Waals surface area contributed by atoms with Crippen molar-refractivity contribution in [3.63, 3.8) is 0 Å². The number of aromatic nitrogens is 1. The fraction of sp³-hybridized carbons (Fsp3) is 0. The van der Waals surface area contributed by atoms with E-state index in [1.165, 1.54) is 6.07 Å². The van der Waals surface area contributed by atoms with Gasteiger partial charge in [0.25, 0.3) is 6.01 Å². The summed E-state index contributed by atoms with van der Waals surface area (Å²) in [6, 6.07) is 16.5. The van der Waals surface area contributed by atoms with Gasteiger partial charge in [-0.3, -0.25) is 0 Å². The zero-order chi connectivity index (χ0) is 14.2. The first kappa shape index (κ1) is 11.7. The third-order valence-electron chi connectivity index (χ3n) is 3.16. The van der Waals surface area contributed by atoms with Gasteiger partial charge < -0.3 is 14.2 Å². The highest BCUT2D eigenvalue weighted by Crippen LogP contribution is 2.24. The van der Waals surface area contributed by atoms with E-state index in [1.807, 2.05) is 30.3 Å². The fourth-order valence-corrected chi connectivity index (χ4v) is 2.20. The van der Waals surface area contributed by atoms with Crippen LogP contribution in [0.1, 0.15) is 0 Å². The van der Waals surface area contributed by atoms with Gasteiger partial charge in [0.2, 0.25) is 0 Å². The molecule has 0 saturated carbocycles. The molecule has 0 bridgehead atoms. The van der Waals surface area contributed by atoms with Crippen LogP contribution in [0, 0.1) is 0 Å². The monoisotopic (exact) mass is 278 g/mol. The first-order valence-electron chi connectivity index (χ1n) is 6.44. The van der Waals surface area contributed by atoms with Crippen molar-refractivity contribution in [3.05, 3.63) is 65.0 Å². The Morgan fingerprint density at radius 3 is 2.71 bits per heavy atom. The molecule has 5 heteroatoms. The minimum atomic E-state index is -0.359. The molecule has 0 radical (unpaired) electrons. The average molecular weight is 278 g/mol. The summed E-state index contributed by atoms with van der Waals surface area (Å²) in [6.07, 6.45) is 0. The summed E-state index contributed by atoms with van der Waals surface area (Å²) in [4.78, 5) is 15.5. The molecule has 2 aromatic heterocycles. The quantitative estimate of drug-likeness (QED) is 0.566. The Bertz CT molecular complexity index is 968. The highest BCUT2D eigenvalue weighted by molar-refractivity contribution is 5.82. The molecule has 102 valence electrons. The van der Waals surface area contributed by atoms with Crippen molar-refractivity contribution in [2.24, 2.45) is 0 Å². The third-order valence-corrected chi connectivity index (χ3v) is 3.16. The van der Waals surface area contributed by atoms with E-state index in [9.17, 15) is 4.79 Å². The largest absolute Gasteiger partial charge is 0.423 e. The Morgan fingerprint density at radius 2 is 1.81 bits per heavy atom. The number of rotatable bonds is 2. The number of oxazole rings is 1. The Morgan fingerprint density at radius 1 is 0.905 bits per heavy atom. The van der Waals surface area contributed by atoms with Gasteiger partial charge in [-0.15, -0.1) is 0 Å². The smallest absolute Gasteiger partial charge is 0.336 e. The van der Waals surface area contributed by atoms with Crippen LogP contribution < -0.4 is 10.9 Å². The molecule has 2 aromatic carbocycles. The minimum Gasteiger partial charge on any atom is -0.423 e. The summed E-state index contributed by atoms with van der Waals surface area (Å²) in [5.41, 5.74) is 2.52. The number of para-hydroxylation sites is 2. The second-order valence-corrected chi connectivity index (χ2v) is 4.62. The van der Waals surface area contributed by atoms with Gasteiger partial charge in [0.05, 0.1) is 0 Å². The molecule has 0 spiro atoms. The molecule has 4 aromatic rings. The lowest BCUT2D eigenvalue weighted by molar-refractivity contribution is 0.561. The van der Waals surface area contributed by atoms with Crippen molar-refractivity contribution >= 4 is 33.8 Å². The number of anilines is 2. The second kappa shape index (κ2) is 4.49. The van der Waals surface area contributed by atoms with Gasteiger partial charge in [0.1, 0.15) is 11.1 Å². The topological polar surface area (TPSA) is 68.3 Å². The lowest BCUT2D eigenvalue weighted by Crippen LogP contribution is -1.95. The SMILES string of the molecule is O=c1ccc2cc(Nc3nc4ccccc4o3)ccc2o1. The van der Waals surface area contributed by atoms with Gasteiger partial charge in [-0.1, -0.05) is 12.1 Å². The van der Waals surface area contributed by atoms with Crippen LogP contribution in [0.2, 0.25) is 0 Å². The molecule has 4 rings (SSSR count). The van der Waals surface area contributed by atoms with Crippen molar-refractivity contribution in [2.45, 2.75) is 0 Å². The third kappa shape index (κ3) is 2.14. The van der Waals surface area contributed by atoms with Gasteiger partial charge in [-0.25, -0.2) is 4.79 Å². The summed E-state index contributed by atoms with van der Waals surface area (Å²) >= 11 is 0. The van der Waals surface area contributed by atoms with Crippen LogP contribution in [0.3, 0.4) is 0 Å². The van der Waals surface area contributed by atoms with Crippen molar-refractivity contribution in [3.8, 4) is 0 Å². The highest BCUT2D eigenvalue weighted by atomic mass is 16.4. The lowest BCUT2D eigenvalue weighted by atomic mass is 10.2. The molecule has 0 atom stereocenters. The van der Waals surface area contributed by atoms with Crippen LogP contribution >= 0.6 is 0 Å². The number of fused-ring (bicyclic) bond motifs is 2. The number of hydrogen-bond donors (Lipinski definition) is 1. The fourth-order valence-electron chi connectivity index (χ4n) is 2.20. The van der Waals surface area contributed by atoms with E-state index in [0.717, 1.165) is 22.2 Å². The number of hydrogen-bond acceptors (Lipinski definition) is 5. The van der Waals surface area contributed by atoms with E-state index in [-0.39, 0.29) is 5.63 Å². The average Bonchev–Trinajstić information content (AvgIpc) is 2.89. The molecule has 0 unspecified atom stereocenters. The Kier molecular flexibility index (Phi) is 2.50. The molecular formula is C16H10N2O3. The maximum atomic E-state index is 11.2. The minimum absolute atomic E-state index is 0.359. The van der Waals surface area contributed by atoms with Crippen molar-refractivity contribution in [2.75, 3.05) is 5.32 Å². The van der Waals surface area contributed by atoms with Crippen LogP contribution in [0.4, 0.5) is 11.7 Å². The maximum Gasteiger partial charge on any atom is 0.336 e. The van der Waals surface area contributed by atoms with E-state index in [2.05, 4.69) is 10.3 Å². The number of nitrogens with one attached hydrogen (secondary N) is 1. The van der Waals surface area contributed by atoms with Crippen LogP contribution in [0.5, 0.6) is 0 Å². The summed E-state index contributed by atoms with van der Waals surface area (Å²) in [6.45, 7) is 0. The Balaban J connectivity index is 1.73. The summed E-state index contributed by atoms with van der Waals surface area (Å²) in [5.74, 6) is 0. The molecule has 21 heavy (non-hydrogen) atoms. The molecule has 0 fully saturated rings. The Hall–Kier alpha value is -3.08. The summed E-state index contributed by atoms with van der Waals surface area (Å²) in [7, 11) is 0. The van der Waals surface area contributed by atoms with Crippen molar-refractivity contribution in [1.82, 2.24) is 4.98 Å². The van der Waals surface area contributed by atoms with Crippen LogP contribution in [0.15, 0.2) is 68.2 Å². The predicted molar refractivity (Wildman–Crippen MR) is 79.8 cm³/mol. The van der Waals surface area contributed by atoms with Crippen molar-refractivity contribution < 1.29 is 8.83 Å². The predicted octanol–water partition coefficient (Wildman–Crippen LogP) is 3.68. The van der Waals surface area contributed by atoms with E-state index < -0.39 is 0 Å². The summed E-state index contributed by atoms with van der Waals surface area (Å²) in [5, 5.41) is 3.93. The van der Waals surface area contributed by atoms with Crippen molar-refractivity contribution in [1.29, 1.82) is 0 Å². The molecule has 1 N–H and O–H groups in total. The first-order chi connectivity index (χ1) is 10.3. The standard InChI is InChI=1S/C16H10N2O3/c19-15-8-5-10-9-11(6-7-13(10)20-15)17-16-18-12-3-1-2-4-14(12)21-16/h1-9H,(H,17,18). The van der Waals surface area contributed by atoms with E-state index in [4.69, 9.17) is 8.83 Å². The zero-order valence-corrected chi connectivity index (χ0v) is 10.9. The molecular weight excluding hydrogens is 268 g/mol. The lowest BCUT2D eigenvalue weighted by Gasteiger charge is -2.02. The first-order valence-corrected chi connectivity index (χ1v) is 6.44. The highest BCUT2D eigenvalue weighted by Gasteiger charge is 2.06. The number of nitrogens with zero attached hydrogens (tertiary/aromatic N) is 1. The van der Waals surface area contributed by atoms with Gasteiger partial charge >= 0.3 is 5.63 Å². The van der Waals surface area contributed by atoms with Crippen LogP contribution in [-0.4, -0.2) is 4.98 Å². The van der Waals surface area contributed by atoms with Gasteiger partial charge in [-0.2, -0.15) is 4.98 Å². The van der Waals surface area contributed by atoms with E-state index in [1.54, 1.807) is 18.2 Å². The van der Waals surface area contributed by atoms with Gasteiger partial charge in [0.15, 0.2) is 5.58 Å². The van der Waals surface area contributed by atoms with E-state index >= 15 is 0 Å². The van der Waals surface area contributed by atoms with Gasteiger partial charge in [0, 0.05) is 17.1 Å². The molecule has 0 amide bonds. The molecule has 0 aliphatic heterocycles. The normalized spacial score (nSPS) is 11.0. The molecule has 5 nitrogen and oxygen atoms in total. The molecule has 0 saturated heterocycles. The van der Waals surface area contributed by atoms with Crippen LogP contribution in [-0.2, 0) is 0 Å². The molecule has 2 heterocycles. The zero-order valence-electron chi connectivity index (χ0n) is 10.9. The Labute approximate surface area is 118 Å². The van der Waals surface area contributed by atoms with Crippen LogP contribution in [0.25, 0.3) is 22.1 Å². The summed E-state index contributed by atoms with van der Waals surface area (Å²) < 4.78 is 10.7. The number of benzene rings is 2. The molecule has 0 aliphatic rings. The van der Waals surface area contributed by atoms with E-state index in [0.29, 0.717) is 11.6 Å². The second-order valence-electron chi connectivity index (χ2n) is 4.62. The molecule has 0 aliphatic carbocycles. The van der Waals surface area contributed by atoms with Gasteiger partial charge in [-0.05, 0) is 36.4 Å².